The Kier molecular flexibility index (Phi) is 3.28. The molecule has 0 N–H and O–H groups in total. The van der Waals surface area contributed by atoms with Crippen LogP contribution >= 0.6 is 0 Å². The van der Waals surface area contributed by atoms with Gasteiger partial charge in [-0.25, -0.2) is 4.39 Å². The van der Waals surface area contributed by atoms with Crippen molar-refractivity contribution in [3.63, 3.8) is 0 Å². The highest BCUT2D eigenvalue weighted by Crippen LogP contribution is 2.55. The van der Waals surface area contributed by atoms with Crippen LogP contribution in [0.3, 0.4) is 0 Å². The van der Waals surface area contributed by atoms with Crippen LogP contribution in [0.15, 0.2) is 18.2 Å². The number of carbonyl (C=O) groups is 1. The van der Waals surface area contributed by atoms with E-state index < -0.39 is 0 Å². The summed E-state index contributed by atoms with van der Waals surface area (Å²) in [6.07, 6.45) is 6.57. The predicted molar refractivity (Wildman–Crippen MR) is 84.1 cm³/mol. The smallest absolute Gasteiger partial charge is 0.254 e. The first kappa shape index (κ1) is 14.2. The molecule has 3 heteroatoms. The second-order valence-corrected chi connectivity index (χ2v) is 7.80. The van der Waals surface area contributed by atoms with Gasteiger partial charge in [0.1, 0.15) is 5.82 Å². The zero-order valence-corrected chi connectivity index (χ0v) is 13.4. The SMILES string of the molecule is Cc1ccc(F)cc1C(=O)N(C)C1C2CC3CC(C2)CC1C3. The average molecular weight is 301 g/mol. The summed E-state index contributed by atoms with van der Waals surface area (Å²) in [5.41, 5.74) is 1.39. The maximum absolute atomic E-state index is 13.5. The maximum atomic E-state index is 13.5. The van der Waals surface area contributed by atoms with Crippen molar-refractivity contribution in [3.05, 3.63) is 35.1 Å². The molecular weight excluding hydrogens is 277 g/mol. The molecule has 1 aromatic rings. The summed E-state index contributed by atoms with van der Waals surface area (Å²) < 4.78 is 13.5. The van der Waals surface area contributed by atoms with Crippen molar-refractivity contribution in [2.24, 2.45) is 23.7 Å². The van der Waals surface area contributed by atoms with Gasteiger partial charge in [-0.05, 0) is 80.4 Å². The Balaban J connectivity index is 1.60. The topological polar surface area (TPSA) is 20.3 Å². The van der Waals surface area contributed by atoms with Crippen LogP contribution in [-0.2, 0) is 0 Å². The zero-order valence-electron chi connectivity index (χ0n) is 13.4. The van der Waals surface area contributed by atoms with Crippen molar-refractivity contribution in [1.82, 2.24) is 4.90 Å². The van der Waals surface area contributed by atoms with Crippen molar-refractivity contribution >= 4 is 5.91 Å². The van der Waals surface area contributed by atoms with Gasteiger partial charge in [0.2, 0.25) is 0 Å². The van der Waals surface area contributed by atoms with Gasteiger partial charge in [0.25, 0.3) is 5.91 Å². The minimum atomic E-state index is -0.326. The Hall–Kier alpha value is -1.38. The Labute approximate surface area is 131 Å². The van der Waals surface area contributed by atoms with Gasteiger partial charge in [-0.1, -0.05) is 6.07 Å². The third-order valence-electron chi connectivity index (χ3n) is 6.37. The van der Waals surface area contributed by atoms with E-state index in [4.69, 9.17) is 0 Å². The van der Waals surface area contributed by atoms with Crippen molar-refractivity contribution < 1.29 is 9.18 Å². The van der Waals surface area contributed by atoms with Gasteiger partial charge in [0.05, 0.1) is 0 Å². The van der Waals surface area contributed by atoms with E-state index in [1.54, 1.807) is 6.07 Å². The molecule has 118 valence electrons. The number of nitrogens with zero attached hydrogens (tertiary/aromatic N) is 1. The largest absolute Gasteiger partial charge is 0.338 e. The third kappa shape index (κ3) is 2.17. The van der Waals surface area contributed by atoms with Gasteiger partial charge < -0.3 is 4.90 Å². The lowest BCUT2D eigenvalue weighted by molar-refractivity contribution is -0.0491. The molecule has 4 fully saturated rings. The molecule has 0 spiro atoms. The molecule has 22 heavy (non-hydrogen) atoms. The lowest BCUT2D eigenvalue weighted by atomic mass is 9.54. The number of benzene rings is 1. The summed E-state index contributed by atoms with van der Waals surface area (Å²) in [7, 11) is 1.93. The minimum Gasteiger partial charge on any atom is -0.338 e. The molecule has 4 bridgehead atoms. The van der Waals surface area contributed by atoms with Crippen LogP contribution in [0.25, 0.3) is 0 Å². The molecule has 5 rings (SSSR count). The predicted octanol–water partition coefficient (Wildman–Crippen LogP) is 4.03. The summed E-state index contributed by atoms with van der Waals surface area (Å²) in [5, 5.41) is 0. The maximum Gasteiger partial charge on any atom is 0.254 e. The van der Waals surface area contributed by atoms with Gasteiger partial charge in [-0.15, -0.1) is 0 Å². The second-order valence-electron chi connectivity index (χ2n) is 7.80. The van der Waals surface area contributed by atoms with E-state index in [1.165, 1.54) is 44.2 Å². The van der Waals surface area contributed by atoms with E-state index in [0.29, 0.717) is 23.4 Å². The molecule has 0 atom stereocenters. The van der Waals surface area contributed by atoms with E-state index in [9.17, 15) is 9.18 Å². The molecule has 1 aromatic carbocycles. The van der Waals surface area contributed by atoms with Crippen LogP contribution in [-0.4, -0.2) is 23.9 Å². The normalized spacial score (nSPS) is 35.7. The van der Waals surface area contributed by atoms with Crippen LogP contribution in [0, 0.1) is 36.4 Å². The molecule has 2 nitrogen and oxygen atoms in total. The molecule has 0 aromatic heterocycles. The van der Waals surface area contributed by atoms with Crippen molar-refractivity contribution in [3.8, 4) is 0 Å². The van der Waals surface area contributed by atoms with Crippen molar-refractivity contribution in [2.75, 3.05) is 7.05 Å². The summed E-state index contributed by atoms with van der Waals surface area (Å²) >= 11 is 0. The monoisotopic (exact) mass is 301 g/mol. The number of hydrogen-bond acceptors (Lipinski definition) is 1. The number of rotatable bonds is 2. The highest BCUT2D eigenvalue weighted by molar-refractivity contribution is 5.95. The van der Waals surface area contributed by atoms with E-state index in [-0.39, 0.29) is 11.7 Å². The average Bonchev–Trinajstić information content (AvgIpc) is 2.47. The highest BCUT2D eigenvalue weighted by atomic mass is 19.1. The van der Waals surface area contributed by atoms with Crippen LogP contribution < -0.4 is 0 Å². The van der Waals surface area contributed by atoms with E-state index >= 15 is 0 Å². The van der Waals surface area contributed by atoms with Gasteiger partial charge in [0.15, 0.2) is 0 Å². The molecule has 1 amide bonds. The first-order valence-corrected chi connectivity index (χ1v) is 8.56. The van der Waals surface area contributed by atoms with Crippen molar-refractivity contribution in [2.45, 2.75) is 45.1 Å². The molecule has 0 unspecified atom stereocenters. The minimum absolute atomic E-state index is 0.00512. The number of aryl methyl sites for hydroxylation is 1. The molecule has 4 saturated carbocycles. The van der Waals surface area contributed by atoms with E-state index in [0.717, 1.165) is 17.4 Å². The Morgan fingerprint density at radius 1 is 1.09 bits per heavy atom. The van der Waals surface area contributed by atoms with Gasteiger partial charge in [-0.2, -0.15) is 0 Å². The third-order valence-corrected chi connectivity index (χ3v) is 6.37. The highest BCUT2D eigenvalue weighted by Gasteiger charge is 2.50. The lowest BCUT2D eigenvalue weighted by Gasteiger charge is -2.56. The number of carbonyl (C=O) groups excluding carboxylic acids is 1. The summed E-state index contributed by atoms with van der Waals surface area (Å²) in [5.74, 6) is 2.80. The second kappa shape index (κ2) is 5.07. The van der Waals surface area contributed by atoms with Gasteiger partial charge >= 0.3 is 0 Å². The van der Waals surface area contributed by atoms with Crippen LogP contribution in [0.2, 0.25) is 0 Å². The Bertz CT molecular complexity index is 583. The molecule has 4 aliphatic carbocycles. The Morgan fingerprint density at radius 2 is 1.68 bits per heavy atom. The quantitative estimate of drug-likeness (QED) is 0.807. The molecule has 0 heterocycles. The number of halogens is 1. The molecular formula is C19H24FNO. The Morgan fingerprint density at radius 3 is 2.27 bits per heavy atom. The van der Waals surface area contributed by atoms with E-state index in [2.05, 4.69) is 0 Å². The van der Waals surface area contributed by atoms with Crippen LogP contribution in [0.1, 0.15) is 48.0 Å². The molecule has 0 saturated heterocycles. The number of amides is 1. The number of hydrogen-bond donors (Lipinski definition) is 0. The fourth-order valence-corrected chi connectivity index (χ4v) is 5.68. The van der Waals surface area contributed by atoms with Gasteiger partial charge in [-0.3, -0.25) is 4.79 Å². The summed E-state index contributed by atoms with van der Waals surface area (Å²) in [4.78, 5) is 14.8. The fraction of sp³-hybridized carbons (Fsp3) is 0.632. The fourth-order valence-electron chi connectivity index (χ4n) is 5.68. The summed E-state index contributed by atoms with van der Waals surface area (Å²) in [6, 6.07) is 4.88. The van der Waals surface area contributed by atoms with Gasteiger partial charge in [0, 0.05) is 18.7 Å². The molecule has 0 aliphatic heterocycles. The summed E-state index contributed by atoms with van der Waals surface area (Å²) in [6.45, 7) is 1.89. The standard InChI is InChI=1S/C19H24FNO/c1-11-3-4-16(20)10-17(11)19(22)21(2)18-14-6-12-5-13(8-14)9-15(18)7-12/h3-4,10,12-15,18H,5-9H2,1-2H3. The lowest BCUT2D eigenvalue weighted by Crippen LogP contribution is -2.56. The zero-order chi connectivity index (χ0) is 15.4. The first-order chi connectivity index (χ1) is 10.5. The molecule has 0 radical (unpaired) electrons. The van der Waals surface area contributed by atoms with Crippen molar-refractivity contribution in [1.29, 1.82) is 0 Å². The van der Waals surface area contributed by atoms with Crippen LogP contribution in [0.5, 0.6) is 0 Å². The molecule has 4 aliphatic rings. The first-order valence-electron chi connectivity index (χ1n) is 8.56. The van der Waals surface area contributed by atoms with E-state index in [1.807, 2.05) is 18.9 Å². The van der Waals surface area contributed by atoms with Crippen LogP contribution in [0.4, 0.5) is 4.39 Å².